The van der Waals surface area contributed by atoms with Gasteiger partial charge in [-0.15, -0.1) is 0 Å². The van der Waals surface area contributed by atoms with Gasteiger partial charge in [0.25, 0.3) is 0 Å². The Balaban J connectivity index is 1.65. The van der Waals surface area contributed by atoms with Gasteiger partial charge < -0.3 is 15.0 Å². The van der Waals surface area contributed by atoms with Crippen molar-refractivity contribution < 1.29 is 4.74 Å². The van der Waals surface area contributed by atoms with E-state index < -0.39 is 0 Å². The molecule has 1 aromatic carbocycles. The van der Waals surface area contributed by atoms with Gasteiger partial charge in [0.1, 0.15) is 5.75 Å². The second kappa shape index (κ2) is 7.39. The van der Waals surface area contributed by atoms with E-state index in [0.29, 0.717) is 0 Å². The molecule has 106 valence electrons. The molecule has 19 heavy (non-hydrogen) atoms. The first-order valence-corrected chi connectivity index (χ1v) is 7.47. The molecule has 1 aromatic rings. The van der Waals surface area contributed by atoms with Crippen LogP contribution < -0.4 is 10.1 Å². The Morgan fingerprint density at radius 1 is 1.16 bits per heavy atom. The number of nitrogens with one attached hydrogen (secondary N) is 1. The third kappa shape index (κ3) is 5.11. The first-order chi connectivity index (χ1) is 9.24. The van der Waals surface area contributed by atoms with Crippen molar-refractivity contribution in [1.82, 2.24) is 4.90 Å². The second-order valence-electron chi connectivity index (χ2n) is 5.52. The molecule has 1 aliphatic heterocycles. The van der Waals surface area contributed by atoms with Crippen LogP contribution in [0.5, 0.6) is 5.75 Å². The molecule has 0 bridgehead atoms. The van der Waals surface area contributed by atoms with E-state index in [-0.39, 0.29) is 6.10 Å². The molecule has 0 amide bonds. The highest BCUT2D eigenvalue weighted by molar-refractivity contribution is 5.46. The Morgan fingerprint density at radius 3 is 2.47 bits per heavy atom. The Kier molecular flexibility index (Phi) is 5.52. The molecule has 1 saturated heterocycles. The smallest absolute Gasteiger partial charge is 0.119 e. The lowest BCUT2D eigenvalue weighted by atomic mass is 10.3. The third-order valence-corrected chi connectivity index (χ3v) is 3.41. The third-order valence-electron chi connectivity index (χ3n) is 3.41. The van der Waals surface area contributed by atoms with Gasteiger partial charge in [-0.2, -0.15) is 0 Å². The fourth-order valence-electron chi connectivity index (χ4n) is 2.47. The quantitative estimate of drug-likeness (QED) is 0.762. The number of benzene rings is 1. The Morgan fingerprint density at radius 2 is 1.84 bits per heavy atom. The van der Waals surface area contributed by atoms with Crippen molar-refractivity contribution in [3.63, 3.8) is 0 Å². The molecule has 1 N–H and O–H groups in total. The predicted molar refractivity (Wildman–Crippen MR) is 81.0 cm³/mol. The van der Waals surface area contributed by atoms with Gasteiger partial charge in [0.2, 0.25) is 0 Å². The molecule has 1 aliphatic rings. The van der Waals surface area contributed by atoms with Gasteiger partial charge >= 0.3 is 0 Å². The highest BCUT2D eigenvalue weighted by atomic mass is 16.5. The predicted octanol–water partition coefficient (Wildman–Crippen LogP) is 3.37. The van der Waals surface area contributed by atoms with Gasteiger partial charge in [-0.1, -0.05) is 0 Å². The van der Waals surface area contributed by atoms with Crippen LogP contribution in [0.4, 0.5) is 5.69 Å². The maximum absolute atomic E-state index is 5.63. The van der Waals surface area contributed by atoms with Crippen molar-refractivity contribution in [2.75, 3.05) is 31.5 Å². The molecule has 0 saturated carbocycles. The maximum atomic E-state index is 5.63. The van der Waals surface area contributed by atoms with Crippen LogP contribution in [-0.4, -0.2) is 37.2 Å². The molecule has 1 fully saturated rings. The largest absolute Gasteiger partial charge is 0.491 e. The molecule has 0 atom stereocenters. The average molecular weight is 262 g/mol. The van der Waals surface area contributed by atoms with Crippen molar-refractivity contribution in [2.45, 2.75) is 39.2 Å². The normalized spacial score (nSPS) is 15.9. The summed E-state index contributed by atoms with van der Waals surface area (Å²) < 4.78 is 5.63. The number of hydrogen-bond acceptors (Lipinski definition) is 3. The van der Waals surface area contributed by atoms with Crippen molar-refractivity contribution in [3.8, 4) is 5.75 Å². The van der Waals surface area contributed by atoms with Crippen molar-refractivity contribution in [3.05, 3.63) is 24.3 Å². The lowest BCUT2D eigenvalue weighted by Crippen LogP contribution is -2.22. The Hall–Kier alpha value is -1.22. The number of nitrogens with zero attached hydrogens (tertiary/aromatic N) is 1. The number of likely N-dealkylation sites (tertiary alicyclic amines) is 1. The van der Waals surface area contributed by atoms with Gasteiger partial charge in [0.05, 0.1) is 6.10 Å². The standard InChI is InChI=1S/C16H26N2O/c1-14(2)19-16-8-6-15(7-9-16)17-10-5-13-18-11-3-4-12-18/h6-9,14,17H,3-5,10-13H2,1-2H3. The number of anilines is 1. The summed E-state index contributed by atoms with van der Waals surface area (Å²) in [5, 5.41) is 3.47. The highest BCUT2D eigenvalue weighted by Crippen LogP contribution is 2.17. The minimum absolute atomic E-state index is 0.235. The summed E-state index contributed by atoms with van der Waals surface area (Å²) in [5.41, 5.74) is 1.18. The minimum Gasteiger partial charge on any atom is -0.491 e. The van der Waals surface area contributed by atoms with E-state index in [4.69, 9.17) is 4.74 Å². The van der Waals surface area contributed by atoms with Gasteiger partial charge in [0, 0.05) is 12.2 Å². The molecule has 1 heterocycles. The molecule has 0 spiro atoms. The minimum atomic E-state index is 0.235. The summed E-state index contributed by atoms with van der Waals surface area (Å²) in [6.07, 6.45) is 4.21. The van der Waals surface area contributed by atoms with E-state index >= 15 is 0 Å². The van der Waals surface area contributed by atoms with E-state index in [2.05, 4.69) is 22.3 Å². The van der Waals surface area contributed by atoms with E-state index in [0.717, 1.165) is 12.3 Å². The Labute approximate surface area is 116 Å². The number of ether oxygens (including phenoxy) is 1. The van der Waals surface area contributed by atoms with Crippen LogP contribution in [-0.2, 0) is 0 Å². The average Bonchev–Trinajstić information content (AvgIpc) is 2.89. The molecule has 0 aromatic heterocycles. The summed E-state index contributed by atoms with van der Waals surface area (Å²) in [5.74, 6) is 0.942. The number of hydrogen-bond donors (Lipinski definition) is 1. The highest BCUT2D eigenvalue weighted by Gasteiger charge is 2.09. The van der Waals surface area contributed by atoms with E-state index in [1.165, 1.54) is 44.6 Å². The Bertz CT molecular complexity index is 356. The van der Waals surface area contributed by atoms with Crippen molar-refractivity contribution >= 4 is 5.69 Å². The van der Waals surface area contributed by atoms with E-state index in [9.17, 15) is 0 Å². The molecule has 2 rings (SSSR count). The lowest BCUT2D eigenvalue weighted by molar-refractivity contribution is 0.242. The van der Waals surface area contributed by atoms with Crippen LogP contribution in [0.3, 0.4) is 0 Å². The molecule has 3 heteroatoms. The first kappa shape index (κ1) is 14.2. The summed E-state index contributed by atoms with van der Waals surface area (Å²) in [4.78, 5) is 2.56. The topological polar surface area (TPSA) is 24.5 Å². The van der Waals surface area contributed by atoms with Crippen LogP contribution in [0.25, 0.3) is 0 Å². The van der Waals surface area contributed by atoms with E-state index in [1.807, 2.05) is 26.0 Å². The zero-order valence-corrected chi connectivity index (χ0v) is 12.2. The molecular weight excluding hydrogens is 236 g/mol. The zero-order valence-electron chi connectivity index (χ0n) is 12.2. The van der Waals surface area contributed by atoms with Crippen LogP contribution in [0.1, 0.15) is 33.1 Å². The lowest BCUT2D eigenvalue weighted by Gasteiger charge is -2.15. The van der Waals surface area contributed by atoms with Crippen LogP contribution in [0, 0.1) is 0 Å². The van der Waals surface area contributed by atoms with Crippen LogP contribution >= 0.6 is 0 Å². The molecule has 0 aliphatic carbocycles. The second-order valence-corrected chi connectivity index (χ2v) is 5.52. The van der Waals surface area contributed by atoms with Gasteiger partial charge in [-0.25, -0.2) is 0 Å². The fraction of sp³-hybridized carbons (Fsp3) is 0.625. The zero-order chi connectivity index (χ0) is 13.5. The summed E-state index contributed by atoms with van der Waals surface area (Å²) in [6, 6.07) is 8.24. The maximum Gasteiger partial charge on any atom is 0.119 e. The summed E-state index contributed by atoms with van der Waals surface area (Å²) in [7, 11) is 0. The molecule has 3 nitrogen and oxygen atoms in total. The van der Waals surface area contributed by atoms with Gasteiger partial charge in [0.15, 0.2) is 0 Å². The van der Waals surface area contributed by atoms with Gasteiger partial charge in [-0.05, 0) is 77.0 Å². The van der Waals surface area contributed by atoms with Crippen molar-refractivity contribution in [1.29, 1.82) is 0 Å². The SMILES string of the molecule is CC(C)Oc1ccc(NCCCN2CCCC2)cc1. The van der Waals surface area contributed by atoms with Crippen LogP contribution in [0.2, 0.25) is 0 Å². The van der Waals surface area contributed by atoms with Crippen molar-refractivity contribution in [2.24, 2.45) is 0 Å². The first-order valence-electron chi connectivity index (χ1n) is 7.47. The van der Waals surface area contributed by atoms with Gasteiger partial charge in [-0.3, -0.25) is 0 Å². The molecule has 0 radical (unpaired) electrons. The van der Waals surface area contributed by atoms with E-state index in [1.54, 1.807) is 0 Å². The molecule has 0 unspecified atom stereocenters. The summed E-state index contributed by atoms with van der Waals surface area (Å²) in [6.45, 7) is 8.94. The number of rotatable bonds is 7. The molecular formula is C16H26N2O. The summed E-state index contributed by atoms with van der Waals surface area (Å²) >= 11 is 0. The fourth-order valence-corrected chi connectivity index (χ4v) is 2.47. The monoisotopic (exact) mass is 262 g/mol. The van der Waals surface area contributed by atoms with Crippen LogP contribution in [0.15, 0.2) is 24.3 Å².